The molecule has 1 aromatic rings. The molecule has 0 aromatic heterocycles. The van der Waals surface area contributed by atoms with Crippen LogP contribution in [-0.2, 0) is 13.1 Å². The van der Waals surface area contributed by atoms with Gasteiger partial charge < -0.3 is 10.2 Å². The number of carbonyl (C=O) groups excluding carboxylic acids is 1. The smallest absolute Gasteiger partial charge is 0.253 e. The molecule has 0 spiro atoms. The van der Waals surface area contributed by atoms with E-state index in [1.54, 1.807) is 4.90 Å². The van der Waals surface area contributed by atoms with Gasteiger partial charge in [-0.1, -0.05) is 6.07 Å². The number of fused-ring (bicyclic) bond motifs is 1. The number of rotatable bonds is 2. The van der Waals surface area contributed by atoms with Gasteiger partial charge in [0.15, 0.2) is 0 Å². The lowest BCUT2D eigenvalue weighted by atomic mass is 10.1. The van der Waals surface area contributed by atoms with Gasteiger partial charge in [-0.25, -0.2) is 0 Å². The zero-order valence-corrected chi connectivity index (χ0v) is 9.21. The van der Waals surface area contributed by atoms with Gasteiger partial charge in [0.2, 0.25) is 0 Å². The summed E-state index contributed by atoms with van der Waals surface area (Å²) in [5.41, 5.74) is 3.36. The molecular weight excluding hydrogens is 188 g/mol. The first-order chi connectivity index (χ1) is 7.22. The van der Waals surface area contributed by atoms with Gasteiger partial charge in [-0.05, 0) is 30.2 Å². The highest BCUT2D eigenvalue weighted by molar-refractivity contribution is 5.94. The average molecular weight is 204 g/mol. The van der Waals surface area contributed by atoms with Gasteiger partial charge >= 0.3 is 0 Å². The van der Waals surface area contributed by atoms with Gasteiger partial charge in [-0.3, -0.25) is 4.79 Å². The SMILES string of the molecule is CCN(C)C(=O)c1ccc2c(c1)CNC2. The Morgan fingerprint density at radius 3 is 2.87 bits per heavy atom. The highest BCUT2D eigenvalue weighted by Crippen LogP contribution is 2.17. The van der Waals surface area contributed by atoms with Gasteiger partial charge in [0.05, 0.1) is 0 Å². The molecule has 0 atom stereocenters. The van der Waals surface area contributed by atoms with E-state index in [2.05, 4.69) is 5.32 Å². The highest BCUT2D eigenvalue weighted by atomic mass is 16.2. The highest BCUT2D eigenvalue weighted by Gasteiger charge is 2.14. The van der Waals surface area contributed by atoms with Crippen molar-refractivity contribution in [3.05, 3.63) is 34.9 Å². The topological polar surface area (TPSA) is 32.3 Å². The molecule has 1 aromatic carbocycles. The standard InChI is InChI=1S/C12H16N2O/c1-3-14(2)12(15)9-4-5-10-7-13-8-11(10)6-9/h4-6,13H,3,7-8H2,1-2H3. The molecule has 0 unspecified atom stereocenters. The summed E-state index contributed by atoms with van der Waals surface area (Å²) in [5.74, 6) is 0.104. The van der Waals surface area contributed by atoms with Crippen LogP contribution < -0.4 is 5.32 Å². The van der Waals surface area contributed by atoms with E-state index < -0.39 is 0 Å². The first kappa shape index (κ1) is 10.2. The second kappa shape index (κ2) is 4.03. The monoisotopic (exact) mass is 204 g/mol. The number of nitrogens with one attached hydrogen (secondary N) is 1. The van der Waals surface area contributed by atoms with Crippen molar-refractivity contribution in [2.24, 2.45) is 0 Å². The van der Waals surface area contributed by atoms with E-state index >= 15 is 0 Å². The van der Waals surface area contributed by atoms with Crippen LogP contribution in [0, 0.1) is 0 Å². The fourth-order valence-electron chi connectivity index (χ4n) is 1.79. The van der Waals surface area contributed by atoms with E-state index in [0.717, 1.165) is 25.2 Å². The molecule has 0 bridgehead atoms. The number of hydrogen-bond donors (Lipinski definition) is 1. The minimum absolute atomic E-state index is 0.104. The maximum atomic E-state index is 11.9. The van der Waals surface area contributed by atoms with Crippen molar-refractivity contribution in [1.29, 1.82) is 0 Å². The summed E-state index contributed by atoms with van der Waals surface area (Å²) in [4.78, 5) is 13.6. The maximum Gasteiger partial charge on any atom is 0.253 e. The average Bonchev–Trinajstić information content (AvgIpc) is 2.73. The molecule has 0 radical (unpaired) electrons. The Kier molecular flexibility index (Phi) is 2.73. The predicted molar refractivity (Wildman–Crippen MR) is 59.6 cm³/mol. The van der Waals surface area contributed by atoms with Crippen LogP contribution in [0.25, 0.3) is 0 Å². The van der Waals surface area contributed by atoms with E-state index in [0.29, 0.717) is 0 Å². The van der Waals surface area contributed by atoms with Gasteiger partial charge in [0.25, 0.3) is 5.91 Å². The summed E-state index contributed by atoms with van der Waals surface area (Å²) >= 11 is 0. The number of carbonyl (C=O) groups is 1. The van der Waals surface area contributed by atoms with Crippen LogP contribution in [-0.4, -0.2) is 24.4 Å². The Morgan fingerprint density at radius 2 is 2.13 bits per heavy atom. The van der Waals surface area contributed by atoms with E-state index in [1.165, 1.54) is 11.1 Å². The molecule has 0 saturated heterocycles. The molecule has 1 amide bonds. The lowest BCUT2D eigenvalue weighted by Crippen LogP contribution is -2.26. The van der Waals surface area contributed by atoms with Crippen LogP contribution in [0.3, 0.4) is 0 Å². The quantitative estimate of drug-likeness (QED) is 0.789. The van der Waals surface area contributed by atoms with Crippen LogP contribution >= 0.6 is 0 Å². The van der Waals surface area contributed by atoms with Crippen LogP contribution in [0.2, 0.25) is 0 Å². The summed E-state index contributed by atoms with van der Waals surface area (Å²) in [7, 11) is 1.83. The maximum absolute atomic E-state index is 11.9. The molecule has 0 fully saturated rings. The molecule has 1 aliphatic heterocycles. The summed E-state index contributed by atoms with van der Waals surface area (Å²) in [6.45, 7) is 4.53. The zero-order chi connectivity index (χ0) is 10.8. The Morgan fingerprint density at radius 1 is 1.40 bits per heavy atom. The summed E-state index contributed by atoms with van der Waals surface area (Å²) in [6.07, 6.45) is 0. The number of hydrogen-bond acceptors (Lipinski definition) is 2. The van der Waals surface area contributed by atoms with Crippen molar-refractivity contribution in [3.63, 3.8) is 0 Å². The van der Waals surface area contributed by atoms with Crippen LogP contribution in [0.4, 0.5) is 0 Å². The van der Waals surface area contributed by atoms with E-state index in [-0.39, 0.29) is 5.91 Å². The normalized spacial score (nSPS) is 13.7. The van der Waals surface area contributed by atoms with Crippen molar-refractivity contribution in [2.45, 2.75) is 20.0 Å². The molecule has 3 heteroatoms. The van der Waals surface area contributed by atoms with Gasteiger partial charge in [0, 0.05) is 32.2 Å². The van der Waals surface area contributed by atoms with Crippen LogP contribution in [0.1, 0.15) is 28.4 Å². The second-order valence-electron chi connectivity index (χ2n) is 3.91. The zero-order valence-electron chi connectivity index (χ0n) is 9.21. The summed E-state index contributed by atoms with van der Waals surface area (Å²) < 4.78 is 0. The third-order valence-electron chi connectivity index (χ3n) is 2.91. The number of amides is 1. The molecule has 3 nitrogen and oxygen atoms in total. The minimum atomic E-state index is 0.104. The fraction of sp³-hybridized carbons (Fsp3) is 0.417. The first-order valence-corrected chi connectivity index (χ1v) is 5.30. The van der Waals surface area contributed by atoms with Crippen molar-refractivity contribution < 1.29 is 4.79 Å². The van der Waals surface area contributed by atoms with Gasteiger partial charge in [-0.15, -0.1) is 0 Å². The van der Waals surface area contributed by atoms with E-state index in [9.17, 15) is 4.79 Å². The number of benzene rings is 1. The third-order valence-corrected chi connectivity index (χ3v) is 2.91. The van der Waals surface area contributed by atoms with Gasteiger partial charge in [-0.2, -0.15) is 0 Å². The lowest BCUT2D eigenvalue weighted by Gasteiger charge is -2.14. The summed E-state index contributed by atoms with van der Waals surface area (Å²) in [5, 5.41) is 3.27. The summed E-state index contributed by atoms with van der Waals surface area (Å²) in [6, 6.07) is 5.97. The largest absolute Gasteiger partial charge is 0.342 e. The van der Waals surface area contributed by atoms with Crippen molar-refractivity contribution in [2.75, 3.05) is 13.6 Å². The molecule has 0 aliphatic carbocycles. The molecule has 2 rings (SSSR count). The van der Waals surface area contributed by atoms with E-state index in [1.807, 2.05) is 32.2 Å². The van der Waals surface area contributed by atoms with E-state index in [4.69, 9.17) is 0 Å². The molecule has 80 valence electrons. The van der Waals surface area contributed by atoms with Crippen LogP contribution in [0.5, 0.6) is 0 Å². The van der Waals surface area contributed by atoms with Gasteiger partial charge in [0.1, 0.15) is 0 Å². The lowest BCUT2D eigenvalue weighted by molar-refractivity contribution is 0.0802. The number of nitrogens with zero attached hydrogens (tertiary/aromatic N) is 1. The Hall–Kier alpha value is -1.35. The van der Waals surface area contributed by atoms with Crippen molar-refractivity contribution in [3.8, 4) is 0 Å². The molecule has 0 saturated carbocycles. The molecule has 1 heterocycles. The molecule has 1 N–H and O–H groups in total. The molecule has 1 aliphatic rings. The second-order valence-corrected chi connectivity index (χ2v) is 3.91. The third kappa shape index (κ3) is 1.88. The predicted octanol–water partition coefficient (Wildman–Crippen LogP) is 1.38. The Labute approximate surface area is 90.1 Å². The molecular formula is C12H16N2O. The van der Waals surface area contributed by atoms with Crippen molar-refractivity contribution in [1.82, 2.24) is 10.2 Å². The first-order valence-electron chi connectivity index (χ1n) is 5.30. The Bertz CT molecular complexity index is 387. The van der Waals surface area contributed by atoms with Crippen molar-refractivity contribution >= 4 is 5.91 Å². The molecule has 15 heavy (non-hydrogen) atoms. The Balaban J connectivity index is 2.26. The van der Waals surface area contributed by atoms with Crippen LogP contribution in [0.15, 0.2) is 18.2 Å². The minimum Gasteiger partial charge on any atom is -0.342 e. The fourth-order valence-corrected chi connectivity index (χ4v) is 1.79.